The summed E-state index contributed by atoms with van der Waals surface area (Å²) in [6.45, 7) is 2.06. The largest absolute Gasteiger partial charge is 0.481 e. The zero-order valence-electron chi connectivity index (χ0n) is 17.1. The molecule has 1 fully saturated rings. The number of hydrogen-bond acceptors (Lipinski definition) is 3. The summed E-state index contributed by atoms with van der Waals surface area (Å²) in [7, 11) is 0. The Kier molecular flexibility index (Phi) is 10.1. The average Bonchev–Trinajstić information content (AvgIpc) is 3.03. The van der Waals surface area contributed by atoms with E-state index in [4.69, 9.17) is 5.11 Å². The van der Waals surface area contributed by atoms with E-state index < -0.39 is 12.1 Å². The summed E-state index contributed by atoms with van der Waals surface area (Å²) >= 11 is 3.55. The van der Waals surface area contributed by atoms with Gasteiger partial charge in [0.1, 0.15) is 0 Å². The Bertz CT molecular complexity index is 713. The highest BCUT2D eigenvalue weighted by Crippen LogP contribution is 2.36. The fourth-order valence-corrected chi connectivity index (χ4v) is 4.29. The van der Waals surface area contributed by atoms with Gasteiger partial charge >= 0.3 is 5.97 Å². The molecule has 2 rings (SSSR count). The predicted octanol–water partition coefficient (Wildman–Crippen LogP) is 5.20. The van der Waals surface area contributed by atoms with Crippen LogP contribution in [0.4, 0.5) is 0 Å². The molecule has 1 aromatic carbocycles. The number of benzene rings is 1. The minimum Gasteiger partial charge on any atom is -0.481 e. The van der Waals surface area contributed by atoms with Gasteiger partial charge in [-0.15, -0.1) is 0 Å². The standard InChI is InChI=1S/C24H33BrO4/c1-17-8-9-18(16-22(17)25)10-13-20(26)14-11-19-12-15-23(27)21(19)6-4-2-3-5-7-24(28)29/h2,4,8-9,11,14,16,19-21,23,26-27H,3,5-7,10,12-13,15H2,1H3,(H,28,29)/t19-,20-,21+,23?/m0/s1. The molecule has 0 saturated heterocycles. The van der Waals surface area contributed by atoms with E-state index in [0.29, 0.717) is 12.8 Å². The first-order valence-corrected chi connectivity index (χ1v) is 11.3. The van der Waals surface area contributed by atoms with E-state index in [0.717, 1.165) is 36.6 Å². The average molecular weight is 465 g/mol. The van der Waals surface area contributed by atoms with Crippen LogP contribution in [0.1, 0.15) is 56.1 Å². The van der Waals surface area contributed by atoms with Crippen LogP contribution in [0.25, 0.3) is 0 Å². The summed E-state index contributed by atoms with van der Waals surface area (Å²) in [5, 5.41) is 29.3. The van der Waals surface area contributed by atoms with Gasteiger partial charge in [-0.2, -0.15) is 0 Å². The molecule has 0 spiro atoms. The molecule has 4 nitrogen and oxygen atoms in total. The first kappa shape index (κ1) is 23.8. The molecule has 0 heterocycles. The van der Waals surface area contributed by atoms with Crippen LogP contribution < -0.4 is 0 Å². The van der Waals surface area contributed by atoms with Crippen LogP contribution in [0.2, 0.25) is 0 Å². The van der Waals surface area contributed by atoms with Crippen LogP contribution in [0, 0.1) is 18.8 Å². The summed E-state index contributed by atoms with van der Waals surface area (Å²) in [5.41, 5.74) is 2.41. The van der Waals surface area contributed by atoms with Gasteiger partial charge in [0.2, 0.25) is 0 Å². The topological polar surface area (TPSA) is 77.8 Å². The highest BCUT2D eigenvalue weighted by atomic mass is 79.9. The minimum absolute atomic E-state index is 0.169. The number of carbonyl (C=O) groups is 1. The predicted molar refractivity (Wildman–Crippen MR) is 120 cm³/mol. The summed E-state index contributed by atoms with van der Waals surface area (Å²) in [5.74, 6) is -0.317. The number of aliphatic hydroxyl groups excluding tert-OH is 2. The normalized spacial score (nSPS) is 23.2. The molecule has 1 saturated carbocycles. The van der Waals surface area contributed by atoms with E-state index in [-0.39, 0.29) is 24.4 Å². The number of carboxylic acids is 1. The van der Waals surface area contributed by atoms with Crippen LogP contribution in [-0.2, 0) is 11.2 Å². The summed E-state index contributed by atoms with van der Waals surface area (Å²) in [4.78, 5) is 10.5. The number of allylic oxidation sites excluding steroid dienone is 3. The number of unbranched alkanes of at least 4 members (excludes halogenated alkanes) is 1. The van der Waals surface area contributed by atoms with E-state index in [1.807, 2.05) is 12.2 Å². The van der Waals surface area contributed by atoms with Gasteiger partial charge in [-0.3, -0.25) is 4.79 Å². The number of aryl methyl sites for hydroxylation is 2. The lowest BCUT2D eigenvalue weighted by atomic mass is 9.90. The summed E-state index contributed by atoms with van der Waals surface area (Å²) in [6, 6.07) is 6.29. The van der Waals surface area contributed by atoms with Gasteiger partial charge in [-0.1, -0.05) is 52.4 Å². The SMILES string of the molecule is Cc1ccc(CC[C@H](O)C=C[C@H]2CCC(O)[C@@H]2CC=CCCCC(=O)O)cc1Br. The fourth-order valence-electron chi connectivity index (χ4n) is 3.86. The second-order valence-corrected chi connectivity index (χ2v) is 8.89. The van der Waals surface area contributed by atoms with Crippen molar-refractivity contribution < 1.29 is 20.1 Å². The molecular weight excluding hydrogens is 432 g/mol. The lowest BCUT2D eigenvalue weighted by Crippen LogP contribution is -2.17. The molecule has 29 heavy (non-hydrogen) atoms. The van der Waals surface area contributed by atoms with E-state index in [1.165, 1.54) is 11.1 Å². The quantitative estimate of drug-likeness (QED) is 0.310. The van der Waals surface area contributed by atoms with Gasteiger partial charge in [0, 0.05) is 10.9 Å². The maximum Gasteiger partial charge on any atom is 0.303 e. The number of aliphatic carboxylic acids is 1. The van der Waals surface area contributed by atoms with E-state index in [2.05, 4.69) is 53.2 Å². The van der Waals surface area contributed by atoms with Crippen molar-refractivity contribution in [3.05, 3.63) is 58.1 Å². The zero-order chi connectivity index (χ0) is 21.2. The van der Waals surface area contributed by atoms with Crippen molar-refractivity contribution in [3.63, 3.8) is 0 Å². The molecule has 0 aromatic heterocycles. The number of carboxylic acid groups (broad SMARTS) is 1. The van der Waals surface area contributed by atoms with Crippen molar-refractivity contribution in [2.24, 2.45) is 11.8 Å². The third kappa shape index (κ3) is 8.45. The maximum atomic E-state index is 10.5. The Balaban J connectivity index is 1.78. The van der Waals surface area contributed by atoms with Crippen molar-refractivity contribution in [1.29, 1.82) is 0 Å². The Morgan fingerprint density at radius 3 is 2.83 bits per heavy atom. The maximum absolute atomic E-state index is 10.5. The Morgan fingerprint density at radius 2 is 2.10 bits per heavy atom. The monoisotopic (exact) mass is 464 g/mol. The van der Waals surface area contributed by atoms with Crippen LogP contribution in [-0.4, -0.2) is 33.5 Å². The van der Waals surface area contributed by atoms with Gasteiger partial charge in [-0.05, 0) is 80.9 Å². The van der Waals surface area contributed by atoms with Crippen molar-refractivity contribution in [2.75, 3.05) is 0 Å². The summed E-state index contributed by atoms with van der Waals surface area (Å²) in [6.07, 6.45) is 12.9. The molecular formula is C24H33BrO4. The summed E-state index contributed by atoms with van der Waals surface area (Å²) < 4.78 is 1.10. The molecule has 1 aromatic rings. The van der Waals surface area contributed by atoms with Crippen molar-refractivity contribution in [3.8, 4) is 0 Å². The molecule has 0 aliphatic heterocycles. The first-order valence-electron chi connectivity index (χ1n) is 10.5. The molecule has 1 aliphatic rings. The molecule has 4 atom stereocenters. The van der Waals surface area contributed by atoms with Crippen LogP contribution in [0.5, 0.6) is 0 Å². The van der Waals surface area contributed by atoms with Crippen molar-refractivity contribution >= 4 is 21.9 Å². The Labute approximate surface area is 182 Å². The van der Waals surface area contributed by atoms with E-state index >= 15 is 0 Å². The highest BCUT2D eigenvalue weighted by Gasteiger charge is 2.32. The van der Waals surface area contributed by atoms with Gasteiger partial charge in [0.15, 0.2) is 0 Å². The van der Waals surface area contributed by atoms with Crippen LogP contribution in [0.15, 0.2) is 47.0 Å². The van der Waals surface area contributed by atoms with Gasteiger partial charge in [0.25, 0.3) is 0 Å². The molecule has 160 valence electrons. The lowest BCUT2D eigenvalue weighted by Gasteiger charge is -2.18. The molecule has 3 N–H and O–H groups in total. The number of aliphatic hydroxyl groups is 2. The van der Waals surface area contributed by atoms with Crippen LogP contribution in [0.3, 0.4) is 0 Å². The first-order chi connectivity index (χ1) is 13.9. The second kappa shape index (κ2) is 12.3. The third-order valence-corrected chi connectivity index (χ3v) is 6.58. The highest BCUT2D eigenvalue weighted by molar-refractivity contribution is 9.10. The second-order valence-electron chi connectivity index (χ2n) is 8.04. The van der Waals surface area contributed by atoms with Gasteiger partial charge in [0.05, 0.1) is 12.2 Å². The molecule has 0 amide bonds. The molecule has 1 unspecified atom stereocenters. The Morgan fingerprint density at radius 1 is 1.31 bits per heavy atom. The van der Waals surface area contributed by atoms with E-state index in [1.54, 1.807) is 0 Å². The number of rotatable bonds is 11. The fraction of sp³-hybridized carbons (Fsp3) is 0.542. The minimum atomic E-state index is -0.761. The number of halogens is 1. The zero-order valence-corrected chi connectivity index (χ0v) is 18.7. The number of hydrogen-bond donors (Lipinski definition) is 3. The Hall–Kier alpha value is -1.43. The van der Waals surface area contributed by atoms with E-state index in [9.17, 15) is 15.0 Å². The van der Waals surface area contributed by atoms with Gasteiger partial charge < -0.3 is 15.3 Å². The van der Waals surface area contributed by atoms with Crippen molar-refractivity contribution in [2.45, 2.75) is 70.5 Å². The smallest absolute Gasteiger partial charge is 0.303 e. The molecule has 5 heteroatoms. The lowest BCUT2D eigenvalue weighted by molar-refractivity contribution is -0.137. The van der Waals surface area contributed by atoms with Gasteiger partial charge in [-0.25, -0.2) is 0 Å². The molecule has 0 radical (unpaired) electrons. The molecule has 1 aliphatic carbocycles. The molecule has 0 bridgehead atoms. The third-order valence-electron chi connectivity index (χ3n) is 5.72. The van der Waals surface area contributed by atoms with Crippen molar-refractivity contribution in [1.82, 2.24) is 0 Å². The van der Waals surface area contributed by atoms with Crippen LogP contribution >= 0.6 is 15.9 Å².